The number of alkyl halides is 5. The first-order chi connectivity index (χ1) is 20.9. The van der Waals surface area contributed by atoms with Gasteiger partial charge in [0.1, 0.15) is 0 Å². The molecule has 0 amide bonds. The van der Waals surface area contributed by atoms with Crippen molar-refractivity contribution in [2.75, 3.05) is 37.6 Å². The van der Waals surface area contributed by atoms with Crippen LogP contribution in [0.25, 0.3) is 28.2 Å². The number of piperazine rings is 1. The molecule has 230 valence electrons. The van der Waals surface area contributed by atoms with E-state index in [1.165, 1.54) is 12.1 Å². The van der Waals surface area contributed by atoms with Crippen molar-refractivity contribution in [2.24, 2.45) is 5.92 Å². The fourth-order valence-electron chi connectivity index (χ4n) is 5.43. The first kappa shape index (κ1) is 29.8. The van der Waals surface area contributed by atoms with Crippen LogP contribution in [0, 0.1) is 5.92 Å². The number of ether oxygens (including phenoxy) is 1. The van der Waals surface area contributed by atoms with E-state index in [4.69, 9.17) is 16.7 Å². The maximum absolute atomic E-state index is 13.9. The van der Waals surface area contributed by atoms with Crippen molar-refractivity contribution < 1.29 is 36.6 Å². The number of carbonyl (C=O) groups is 1. The van der Waals surface area contributed by atoms with Crippen LogP contribution in [-0.4, -0.2) is 69.6 Å². The van der Waals surface area contributed by atoms with Crippen LogP contribution in [0.3, 0.4) is 0 Å². The van der Waals surface area contributed by atoms with Gasteiger partial charge < -0.3 is 14.7 Å². The lowest BCUT2D eigenvalue weighted by Crippen LogP contribution is -2.47. The van der Waals surface area contributed by atoms with E-state index >= 15 is 0 Å². The second-order valence-electron chi connectivity index (χ2n) is 10.7. The normalized spacial score (nSPS) is 18.3. The fraction of sp³-hybridized carbons (Fsp3) is 0.300. The van der Waals surface area contributed by atoms with Crippen LogP contribution in [0.2, 0.25) is 5.02 Å². The van der Waals surface area contributed by atoms with Gasteiger partial charge in [0.25, 0.3) is 5.92 Å². The molecule has 0 radical (unpaired) electrons. The monoisotopic (exact) mass is 633 g/mol. The number of hydrogen-bond donors (Lipinski definition) is 1. The van der Waals surface area contributed by atoms with E-state index in [9.17, 15) is 26.7 Å². The third-order valence-electron chi connectivity index (χ3n) is 7.76. The molecule has 2 aliphatic rings. The maximum Gasteiger partial charge on any atom is 0.511 e. The average Bonchev–Trinajstić information content (AvgIpc) is 3.36. The highest BCUT2D eigenvalue weighted by molar-refractivity contribution is 6.31. The van der Waals surface area contributed by atoms with Crippen molar-refractivity contribution in [3.63, 3.8) is 0 Å². The summed E-state index contributed by atoms with van der Waals surface area (Å²) in [5, 5.41) is 13.0. The number of halogens is 6. The van der Waals surface area contributed by atoms with Crippen molar-refractivity contribution in [1.82, 2.24) is 19.7 Å². The van der Waals surface area contributed by atoms with E-state index in [0.29, 0.717) is 59.9 Å². The molecule has 6 rings (SSSR count). The minimum absolute atomic E-state index is 0.0261. The van der Waals surface area contributed by atoms with E-state index < -0.39 is 35.6 Å². The van der Waals surface area contributed by atoms with Gasteiger partial charge in [-0.1, -0.05) is 35.9 Å². The van der Waals surface area contributed by atoms with Crippen LogP contribution in [0.4, 0.5) is 32.4 Å². The Morgan fingerprint density at radius 2 is 1.73 bits per heavy atom. The summed E-state index contributed by atoms with van der Waals surface area (Å²) in [4.78, 5) is 19.6. The quantitative estimate of drug-likeness (QED) is 0.172. The van der Waals surface area contributed by atoms with E-state index in [1.54, 1.807) is 24.3 Å². The predicted molar refractivity (Wildman–Crippen MR) is 153 cm³/mol. The zero-order valence-corrected chi connectivity index (χ0v) is 23.7. The van der Waals surface area contributed by atoms with Gasteiger partial charge in [-0.25, -0.2) is 23.2 Å². The van der Waals surface area contributed by atoms with Gasteiger partial charge in [-0.2, -0.15) is 18.3 Å². The highest BCUT2D eigenvalue weighted by atomic mass is 35.5. The van der Waals surface area contributed by atoms with Crippen LogP contribution >= 0.6 is 11.6 Å². The smallest absolute Gasteiger partial charge is 0.449 e. The van der Waals surface area contributed by atoms with E-state index in [2.05, 4.69) is 24.6 Å². The summed E-state index contributed by atoms with van der Waals surface area (Å²) in [5.74, 6) is -4.23. The first-order valence-corrected chi connectivity index (χ1v) is 14.1. The molecule has 4 aromatic rings. The molecule has 3 heterocycles. The minimum atomic E-state index is -4.99. The zero-order valence-electron chi connectivity index (χ0n) is 22.9. The molecule has 1 saturated heterocycles. The second-order valence-corrected chi connectivity index (χ2v) is 11.1. The minimum Gasteiger partial charge on any atom is -0.449 e. The summed E-state index contributed by atoms with van der Waals surface area (Å²) in [7, 11) is 0. The highest BCUT2D eigenvalue weighted by Crippen LogP contribution is 2.49. The van der Waals surface area contributed by atoms with Crippen molar-refractivity contribution in [2.45, 2.75) is 18.5 Å². The number of carboxylic acid groups (broad SMARTS) is 1. The average molecular weight is 634 g/mol. The Hall–Kier alpha value is -4.23. The molecule has 44 heavy (non-hydrogen) atoms. The van der Waals surface area contributed by atoms with Gasteiger partial charge in [0, 0.05) is 61.3 Å². The topological polar surface area (TPSA) is 83.7 Å². The van der Waals surface area contributed by atoms with Crippen molar-refractivity contribution in [3.05, 3.63) is 77.6 Å². The number of rotatable bonds is 7. The van der Waals surface area contributed by atoms with Crippen molar-refractivity contribution in [1.29, 1.82) is 0 Å². The zero-order chi connectivity index (χ0) is 31.2. The Balaban J connectivity index is 1.25. The molecule has 0 bridgehead atoms. The standard InChI is InChI=1S/C30H25ClF5N5O3/c31-20-6-9-22(18-4-7-21(8-5-18)40-12-10-39(11-13-40)17-19-15-29(19,32)33)23(14-20)24-2-1-3-26(38-24)41-27(30(34,35)36)25(16-37-41)44-28(42)43/h1-9,14,16,19H,10-13,15,17H2,(H,42,43). The molecule has 2 aromatic carbocycles. The molecule has 1 atom stereocenters. The van der Waals surface area contributed by atoms with Crippen LogP contribution in [0.15, 0.2) is 66.9 Å². The lowest BCUT2D eigenvalue weighted by atomic mass is 9.97. The van der Waals surface area contributed by atoms with E-state index in [1.807, 2.05) is 24.3 Å². The molecule has 2 aromatic heterocycles. The largest absolute Gasteiger partial charge is 0.511 e. The molecular weight excluding hydrogens is 609 g/mol. The second kappa shape index (κ2) is 11.4. The van der Waals surface area contributed by atoms with Gasteiger partial charge in [-0.05, 0) is 47.5 Å². The number of hydrogen-bond acceptors (Lipinski definition) is 6. The van der Waals surface area contributed by atoms with Gasteiger partial charge in [-0.15, -0.1) is 0 Å². The van der Waals surface area contributed by atoms with Crippen LogP contribution in [0.1, 0.15) is 12.1 Å². The molecule has 8 nitrogen and oxygen atoms in total. The summed E-state index contributed by atoms with van der Waals surface area (Å²) < 4.78 is 73.1. The Morgan fingerprint density at radius 3 is 2.36 bits per heavy atom. The molecule has 14 heteroatoms. The predicted octanol–water partition coefficient (Wildman–Crippen LogP) is 7.11. The molecule has 1 N–H and O–H groups in total. The first-order valence-electron chi connectivity index (χ1n) is 13.7. The Bertz CT molecular complexity index is 1690. The highest BCUT2D eigenvalue weighted by Gasteiger charge is 2.57. The Morgan fingerprint density at radius 1 is 1.02 bits per heavy atom. The van der Waals surface area contributed by atoms with Crippen molar-refractivity contribution >= 4 is 23.4 Å². The third kappa shape index (κ3) is 6.20. The van der Waals surface area contributed by atoms with Gasteiger partial charge in [0.15, 0.2) is 17.3 Å². The molecule has 1 saturated carbocycles. The summed E-state index contributed by atoms with van der Waals surface area (Å²) in [6, 6.07) is 17.4. The molecule has 0 spiro atoms. The SMILES string of the molecule is O=C(O)Oc1cnn(-c2cccc(-c3cc(Cl)ccc3-c3ccc(N4CCN(CC5CC5(F)F)CC4)cc3)n2)c1C(F)(F)F. The fourth-order valence-corrected chi connectivity index (χ4v) is 5.60. The Labute approximate surface area is 253 Å². The molecule has 1 aliphatic carbocycles. The van der Waals surface area contributed by atoms with Gasteiger partial charge in [-0.3, -0.25) is 4.90 Å². The number of benzene rings is 2. The molecule has 1 unspecified atom stereocenters. The Kier molecular flexibility index (Phi) is 7.70. The lowest BCUT2D eigenvalue weighted by molar-refractivity contribution is -0.143. The molecule has 1 aliphatic heterocycles. The lowest BCUT2D eigenvalue weighted by Gasteiger charge is -2.36. The van der Waals surface area contributed by atoms with Gasteiger partial charge in [0.05, 0.1) is 11.9 Å². The van der Waals surface area contributed by atoms with E-state index in [-0.39, 0.29) is 12.2 Å². The summed E-state index contributed by atoms with van der Waals surface area (Å²) in [5.41, 5.74) is 1.98. The van der Waals surface area contributed by atoms with Gasteiger partial charge in [0.2, 0.25) is 0 Å². The van der Waals surface area contributed by atoms with E-state index in [0.717, 1.165) is 16.8 Å². The number of anilines is 1. The molecule has 2 fully saturated rings. The van der Waals surface area contributed by atoms with Crippen LogP contribution in [0.5, 0.6) is 5.75 Å². The summed E-state index contributed by atoms with van der Waals surface area (Å²) in [6.45, 7) is 3.26. The van der Waals surface area contributed by atoms with Gasteiger partial charge >= 0.3 is 12.3 Å². The number of aromatic nitrogens is 3. The third-order valence-corrected chi connectivity index (χ3v) is 8.00. The van der Waals surface area contributed by atoms with Crippen LogP contribution in [-0.2, 0) is 6.18 Å². The van der Waals surface area contributed by atoms with Crippen molar-refractivity contribution in [3.8, 4) is 34.0 Å². The summed E-state index contributed by atoms with van der Waals surface area (Å²) in [6.07, 6.45) is -6.25. The van der Waals surface area contributed by atoms with Crippen LogP contribution < -0.4 is 9.64 Å². The number of pyridine rings is 1. The number of nitrogens with zero attached hydrogens (tertiary/aromatic N) is 5. The molecular formula is C30H25ClF5N5O3. The summed E-state index contributed by atoms with van der Waals surface area (Å²) >= 11 is 6.32. The maximum atomic E-state index is 13.9.